The summed E-state index contributed by atoms with van der Waals surface area (Å²) in [5, 5.41) is 24.5. The topological polar surface area (TPSA) is 95.9 Å². The number of rotatable bonds is 9. The van der Waals surface area contributed by atoms with Crippen LogP contribution in [-0.2, 0) is 22.4 Å². The fourth-order valence-corrected chi connectivity index (χ4v) is 6.79. The number of hydrogen-bond acceptors (Lipinski definition) is 6. The average molecular weight is 486 g/mol. The van der Waals surface area contributed by atoms with Crippen molar-refractivity contribution in [2.45, 2.75) is 96.1 Å². The lowest BCUT2D eigenvalue weighted by Crippen LogP contribution is -2.48. The van der Waals surface area contributed by atoms with Crippen molar-refractivity contribution in [2.75, 3.05) is 13.7 Å². The zero-order valence-corrected chi connectivity index (χ0v) is 21.4. The highest BCUT2D eigenvalue weighted by Crippen LogP contribution is 2.38. The maximum Gasteiger partial charge on any atom is 0.160 e. The molecule has 0 unspecified atom stereocenters. The number of piperidine rings is 1. The Morgan fingerprint density at radius 3 is 2.66 bits per heavy atom. The smallest absolute Gasteiger partial charge is 0.160 e. The van der Waals surface area contributed by atoms with Gasteiger partial charge in [0, 0.05) is 31.2 Å². The quantitative estimate of drug-likeness (QED) is 0.481. The summed E-state index contributed by atoms with van der Waals surface area (Å²) < 4.78 is 5.24. The molecule has 35 heavy (non-hydrogen) atoms. The van der Waals surface area contributed by atoms with Crippen molar-refractivity contribution >= 4 is 11.6 Å². The molecule has 0 radical (unpaired) electrons. The summed E-state index contributed by atoms with van der Waals surface area (Å²) in [6, 6.07) is 3.96. The summed E-state index contributed by atoms with van der Waals surface area (Å²) in [7, 11) is 1.53. The molecule has 0 aromatic heterocycles. The van der Waals surface area contributed by atoms with Crippen molar-refractivity contribution in [2.24, 2.45) is 23.7 Å². The zero-order valence-electron chi connectivity index (χ0n) is 21.4. The highest BCUT2D eigenvalue weighted by atomic mass is 16.5. The first-order chi connectivity index (χ1) is 16.9. The van der Waals surface area contributed by atoms with E-state index in [1.807, 2.05) is 13.0 Å². The minimum atomic E-state index is -0.542. The van der Waals surface area contributed by atoms with Crippen LogP contribution in [0.3, 0.4) is 0 Å². The number of aryl methyl sites for hydroxylation is 2. The Labute approximate surface area is 209 Å². The number of aromatic hydroxyl groups is 1. The maximum absolute atomic E-state index is 13.0. The Balaban J connectivity index is 1.22. The number of fused-ring (bicyclic) bond motifs is 1. The van der Waals surface area contributed by atoms with E-state index in [4.69, 9.17) is 4.74 Å². The van der Waals surface area contributed by atoms with Crippen LogP contribution >= 0.6 is 0 Å². The van der Waals surface area contributed by atoms with E-state index in [9.17, 15) is 19.8 Å². The Morgan fingerprint density at radius 1 is 1.11 bits per heavy atom. The molecule has 4 rings (SSSR count). The van der Waals surface area contributed by atoms with Crippen molar-refractivity contribution in [3.63, 3.8) is 0 Å². The molecule has 194 valence electrons. The second-order valence-electron chi connectivity index (χ2n) is 11.2. The monoisotopic (exact) mass is 485 g/mol. The lowest BCUT2D eigenvalue weighted by molar-refractivity contribution is -0.128. The maximum atomic E-state index is 13.0. The Bertz CT molecular complexity index is 899. The van der Waals surface area contributed by atoms with Crippen LogP contribution in [0.1, 0.15) is 82.3 Å². The van der Waals surface area contributed by atoms with Gasteiger partial charge in [0.05, 0.1) is 13.2 Å². The van der Waals surface area contributed by atoms with E-state index in [0.29, 0.717) is 54.6 Å². The molecule has 1 aliphatic heterocycles. The molecule has 0 spiro atoms. The number of benzene rings is 1. The first-order valence-corrected chi connectivity index (χ1v) is 13.7. The molecule has 2 saturated carbocycles. The van der Waals surface area contributed by atoms with Gasteiger partial charge in [-0.25, -0.2) is 0 Å². The fourth-order valence-electron chi connectivity index (χ4n) is 6.79. The number of phenols is 1. The molecule has 3 aliphatic rings. The number of ether oxygens (including phenoxy) is 1. The standard InChI is InChI=1S/C29H43NO5/c1-3-20-14-28(34)29(35-2)15-21(20)8-11-26(32)24-10-6-18(13-27(24)33)4-5-19-12-22-7-9-23(31)16-25(22)30-17-19/h14-15,18-19,22,24-25,27,30,33-34H,3-13,16-17H2,1-2H3/t18-,19+,22-,24-,25+,27+/m0/s1. The average Bonchev–Trinajstić information content (AvgIpc) is 2.86. The summed E-state index contributed by atoms with van der Waals surface area (Å²) in [5.74, 6) is 2.67. The van der Waals surface area contributed by atoms with Gasteiger partial charge in [-0.2, -0.15) is 0 Å². The molecule has 6 nitrogen and oxygen atoms in total. The molecule has 1 heterocycles. The van der Waals surface area contributed by atoms with Gasteiger partial charge in [0.2, 0.25) is 0 Å². The second-order valence-corrected chi connectivity index (χ2v) is 11.2. The summed E-state index contributed by atoms with van der Waals surface area (Å²) in [4.78, 5) is 24.7. The summed E-state index contributed by atoms with van der Waals surface area (Å²) in [5.41, 5.74) is 2.06. The Hall–Kier alpha value is -1.92. The van der Waals surface area contributed by atoms with E-state index in [2.05, 4.69) is 5.32 Å². The molecule has 6 heteroatoms. The fraction of sp³-hybridized carbons (Fsp3) is 0.724. The third-order valence-electron chi connectivity index (χ3n) is 8.96. The van der Waals surface area contributed by atoms with E-state index in [1.54, 1.807) is 6.07 Å². The third-order valence-corrected chi connectivity index (χ3v) is 8.96. The minimum Gasteiger partial charge on any atom is -0.504 e. The molecular weight excluding hydrogens is 442 g/mol. The largest absolute Gasteiger partial charge is 0.504 e. The first-order valence-electron chi connectivity index (χ1n) is 13.7. The molecule has 3 fully saturated rings. The number of methoxy groups -OCH3 is 1. The number of hydrogen-bond donors (Lipinski definition) is 3. The molecule has 2 aliphatic carbocycles. The number of aliphatic hydroxyl groups excluding tert-OH is 1. The van der Waals surface area contributed by atoms with Gasteiger partial charge in [0.1, 0.15) is 11.6 Å². The van der Waals surface area contributed by atoms with E-state index >= 15 is 0 Å². The van der Waals surface area contributed by atoms with Crippen LogP contribution in [0.25, 0.3) is 0 Å². The highest BCUT2D eigenvalue weighted by Gasteiger charge is 2.36. The highest BCUT2D eigenvalue weighted by molar-refractivity contribution is 5.82. The van der Waals surface area contributed by atoms with Gasteiger partial charge in [-0.05, 0) is 98.9 Å². The van der Waals surface area contributed by atoms with Gasteiger partial charge in [-0.3, -0.25) is 9.59 Å². The van der Waals surface area contributed by atoms with E-state index < -0.39 is 6.10 Å². The van der Waals surface area contributed by atoms with Gasteiger partial charge in [-0.1, -0.05) is 13.3 Å². The number of Topliss-reactive ketones (excluding diaryl/α,β-unsaturated/α-hetero) is 2. The van der Waals surface area contributed by atoms with Gasteiger partial charge in [0.15, 0.2) is 11.5 Å². The molecule has 1 saturated heterocycles. The van der Waals surface area contributed by atoms with E-state index in [1.165, 1.54) is 20.0 Å². The number of phenolic OH excluding ortho intramolecular Hbond substituents is 1. The second kappa shape index (κ2) is 11.9. The lowest BCUT2D eigenvalue weighted by Gasteiger charge is -2.40. The van der Waals surface area contributed by atoms with Gasteiger partial charge in [0.25, 0.3) is 0 Å². The zero-order chi connectivity index (χ0) is 24.9. The molecule has 0 bridgehead atoms. The number of carbonyl (C=O) groups is 2. The van der Waals surface area contributed by atoms with Crippen LogP contribution in [0.5, 0.6) is 11.5 Å². The SMILES string of the molecule is CCc1cc(O)c(OC)cc1CCC(=O)[C@@H]1CC[C@H](CC[C@H]2CN[C@@H]3CC(=O)CC[C@H]3C2)C[C@H]1O. The number of nitrogens with one attached hydrogen (secondary N) is 1. The third kappa shape index (κ3) is 6.45. The van der Waals surface area contributed by atoms with Crippen molar-refractivity contribution < 1.29 is 24.5 Å². The summed E-state index contributed by atoms with van der Waals surface area (Å²) in [6.45, 7) is 3.04. The minimum absolute atomic E-state index is 0.130. The lowest BCUT2D eigenvalue weighted by atomic mass is 9.72. The van der Waals surface area contributed by atoms with Crippen LogP contribution < -0.4 is 10.1 Å². The number of aliphatic hydroxyl groups is 1. The van der Waals surface area contributed by atoms with E-state index in [-0.39, 0.29) is 17.5 Å². The number of carbonyl (C=O) groups excluding carboxylic acids is 2. The van der Waals surface area contributed by atoms with Crippen molar-refractivity contribution in [1.82, 2.24) is 5.32 Å². The first kappa shape index (κ1) is 26.2. The van der Waals surface area contributed by atoms with Gasteiger partial charge >= 0.3 is 0 Å². The normalized spacial score (nSPS) is 31.1. The summed E-state index contributed by atoms with van der Waals surface area (Å²) >= 11 is 0. The van der Waals surface area contributed by atoms with E-state index in [0.717, 1.165) is 62.6 Å². The predicted octanol–water partition coefficient (Wildman–Crippen LogP) is 4.37. The van der Waals surface area contributed by atoms with Crippen LogP contribution in [0.2, 0.25) is 0 Å². The summed E-state index contributed by atoms with van der Waals surface area (Å²) in [6.07, 6.45) is 9.78. The predicted molar refractivity (Wildman–Crippen MR) is 136 cm³/mol. The van der Waals surface area contributed by atoms with Crippen molar-refractivity contribution in [3.05, 3.63) is 23.3 Å². The van der Waals surface area contributed by atoms with Crippen LogP contribution in [0, 0.1) is 23.7 Å². The molecular formula is C29H43NO5. The van der Waals surface area contributed by atoms with Crippen LogP contribution in [0.4, 0.5) is 0 Å². The van der Waals surface area contributed by atoms with Crippen molar-refractivity contribution in [1.29, 1.82) is 0 Å². The van der Waals surface area contributed by atoms with Gasteiger partial charge < -0.3 is 20.3 Å². The van der Waals surface area contributed by atoms with Crippen LogP contribution in [-0.4, -0.2) is 47.6 Å². The van der Waals surface area contributed by atoms with Crippen LogP contribution in [0.15, 0.2) is 12.1 Å². The molecule has 6 atom stereocenters. The van der Waals surface area contributed by atoms with Crippen molar-refractivity contribution in [3.8, 4) is 11.5 Å². The van der Waals surface area contributed by atoms with Gasteiger partial charge in [-0.15, -0.1) is 0 Å². The molecule has 1 aromatic carbocycles. The Morgan fingerprint density at radius 2 is 1.91 bits per heavy atom. The molecule has 1 aromatic rings. The Kier molecular flexibility index (Phi) is 8.87. The molecule has 0 amide bonds. The number of ketones is 2. The molecule has 3 N–H and O–H groups in total.